The van der Waals surface area contributed by atoms with Gasteiger partial charge in [-0.2, -0.15) is 8.78 Å². The molecule has 0 saturated carbocycles. The minimum absolute atomic E-state index is 0.0199. The molecule has 0 fully saturated rings. The van der Waals surface area contributed by atoms with E-state index in [2.05, 4.69) is 10.1 Å². The van der Waals surface area contributed by atoms with Crippen LogP contribution in [0.3, 0.4) is 0 Å². The van der Waals surface area contributed by atoms with Crippen LogP contribution in [-0.2, 0) is 4.74 Å². The molecule has 0 rings (SSSR count). The van der Waals surface area contributed by atoms with Crippen molar-refractivity contribution in [3.8, 4) is 0 Å². The average Bonchev–Trinajstić information content (AvgIpc) is 2.16. The van der Waals surface area contributed by atoms with Gasteiger partial charge in [-0.25, -0.2) is 8.78 Å². The van der Waals surface area contributed by atoms with Gasteiger partial charge in [-0.05, 0) is 13.0 Å². The van der Waals surface area contributed by atoms with Crippen molar-refractivity contribution < 1.29 is 22.3 Å². The first kappa shape index (κ1) is 14.6. The zero-order chi connectivity index (χ0) is 11.7. The molecule has 0 heterocycles. The van der Waals surface area contributed by atoms with Crippen LogP contribution in [0.25, 0.3) is 0 Å². The molecule has 6 heteroatoms. The van der Waals surface area contributed by atoms with Gasteiger partial charge < -0.3 is 10.1 Å². The fourth-order valence-corrected chi connectivity index (χ4v) is 0.842. The lowest BCUT2D eigenvalue weighted by Crippen LogP contribution is -2.33. The normalized spacial score (nSPS) is 12.4. The van der Waals surface area contributed by atoms with Gasteiger partial charge in [0.2, 0.25) is 0 Å². The van der Waals surface area contributed by atoms with Crippen molar-refractivity contribution in [3.05, 3.63) is 0 Å². The van der Waals surface area contributed by atoms with Gasteiger partial charge in [-0.1, -0.05) is 13.3 Å². The van der Waals surface area contributed by atoms with Crippen LogP contribution in [0.1, 0.15) is 19.8 Å². The van der Waals surface area contributed by atoms with Gasteiger partial charge in [-0.15, -0.1) is 0 Å². The Morgan fingerprint density at radius 2 is 1.93 bits per heavy atom. The maximum atomic E-state index is 12.3. The van der Waals surface area contributed by atoms with Crippen LogP contribution in [0.5, 0.6) is 0 Å². The van der Waals surface area contributed by atoms with E-state index in [1.165, 1.54) is 0 Å². The first-order valence-electron chi connectivity index (χ1n) is 4.95. The predicted molar refractivity (Wildman–Crippen MR) is 49.5 cm³/mol. The molecule has 0 aliphatic rings. The number of halogens is 4. The summed E-state index contributed by atoms with van der Waals surface area (Å²) in [5.74, 6) is -4.04. The Balaban J connectivity index is 3.31. The summed E-state index contributed by atoms with van der Waals surface area (Å²) in [5.41, 5.74) is 0. The minimum atomic E-state index is -4.04. The molecule has 0 amide bonds. The van der Waals surface area contributed by atoms with Gasteiger partial charge in [0.1, 0.15) is 6.61 Å². The van der Waals surface area contributed by atoms with E-state index in [4.69, 9.17) is 0 Å². The van der Waals surface area contributed by atoms with Gasteiger partial charge >= 0.3 is 12.3 Å². The number of alkyl halides is 4. The van der Waals surface area contributed by atoms with E-state index in [9.17, 15) is 17.6 Å². The number of rotatable bonds is 9. The number of unbranched alkanes of at least 4 members (excludes halogenated alkanes) is 1. The van der Waals surface area contributed by atoms with Crippen LogP contribution in [0.15, 0.2) is 0 Å². The standard InChI is InChI=1S/C9H17F4NO/c1-2-3-4-14-5-6-15-7-9(12,13)8(10)11/h8,14H,2-7H2,1H3. The molecule has 0 aromatic heterocycles. The molecule has 1 N–H and O–H groups in total. The molecule has 15 heavy (non-hydrogen) atoms. The van der Waals surface area contributed by atoms with E-state index in [-0.39, 0.29) is 6.61 Å². The van der Waals surface area contributed by atoms with E-state index < -0.39 is 19.0 Å². The highest BCUT2D eigenvalue weighted by Crippen LogP contribution is 2.22. The number of ether oxygens (including phenoxy) is 1. The second kappa shape index (κ2) is 7.87. The lowest BCUT2D eigenvalue weighted by molar-refractivity contribution is -0.165. The van der Waals surface area contributed by atoms with Crippen molar-refractivity contribution in [1.29, 1.82) is 0 Å². The van der Waals surface area contributed by atoms with Crippen LogP contribution in [0, 0.1) is 0 Å². The summed E-state index contributed by atoms with van der Waals surface area (Å²) in [6, 6.07) is 0. The Labute approximate surface area is 87.0 Å². The zero-order valence-corrected chi connectivity index (χ0v) is 8.74. The van der Waals surface area contributed by atoms with Crippen molar-refractivity contribution in [1.82, 2.24) is 5.32 Å². The molecular formula is C9H17F4NO. The summed E-state index contributed by atoms with van der Waals surface area (Å²) in [6.45, 7) is 2.01. The van der Waals surface area contributed by atoms with E-state index >= 15 is 0 Å². The van der Waals surface area contributed by atoms with Crippen LogP contribution in [0.2, 0.25) is 0 Å². The number of hydrogen-bond acceptors (Lipinski definition) is 2. The second-order valence-corrected chi connectivity index (χ2v) is 3.22. The van der Waals surface area contributed by atoms with Crippen molar-refractivity contribution >= 4 is 0 Å². The maximum absolute atomic E-state index is 12.3. The molecule has 0 atom stereocenters. The van der Waals surface area contributed by atoms with Crippen LogP contribution in [-0.4, -0.2) is 38.7 Å². The molecule has 0 aromatic carbocycles. The zero-order valence-electron chi connectivity index (χ0n) is 8.74. The number of nitrogens with one attached hydrogen (secondary N) is 1. The average molecular weight is 231 g/mol. The van der Waals surface area contributed by atoms with Gasteiger partial charge in [0.05, 0.1) is 6.61 Å². The van der Waals surface area contributed by atoms with Crippen molar-refractivity contribution in [3.63, 3.8) is 0 Å². The molecule has 0 bridgehead atoms. The van der Waals surface area contributed by atoms with Gasteiger partial charge in [0.25, 0.3) is 0 Å². The Kier molecular flexibility index (Phi) is 7.68. The third-order valence-corrected chi connectivity index (χ3v) is 1.74. The molecule has 0 radical (unpaired) electrons. The Morgan fingerprint density at radius 1 is 1.27 bits per heavy atom. The molecule has 0 aliphatic carbocycles. The second-order valence-electron chi connectivity index (χ2n) is 3.22. The Morgan fingerprint density at radius 3 is 2.47 bits per heavy atom. The first-order valence-corrected chi connectivity index (χ1v) is 4.95. The lowest BCUT2D eigenvalue weighted by Gasteiger charge is -2.15. The molecule has 0 spiro atoms. The lowest BCUT2D eigenvalue weighted by atomic mass is 10.3. The third kappa shape index (κ3) is 7.56. The van der Waals surface area contributed by atoms with Crippen molar-refractivity contribution in [2.45, 2.75) is 32.1 Å². The topological polar surface area (TPSA) is 21.3 Å². The van der Waals surface area contributed by atoms with Crippen molar-refractivity contribution in [2.24, 2.45) is 0 Å². The van der Waals surface area contributed by atoms with E-state index in [0.29, 0.717) is 6.54 Å². The largest absolute Gasteiger partial charge is 0.374 e. The minimum Gasteiger partial charge on any atom is -0.374 e. The Bertz CT molecular complexity index is 155. The van der Waals surface area contributed by atoms with E-state index in [1.807, 2.05) is 6.92 Å². The fourth-order valence-electron chi connectivity index (χ4n) is 0.842. The van der Waals surface area contributed by atoms with Gasteiger partial charge in [-0.3, -0.25) is 0 Å². The molecular weight excluding hydrogens is 214 g/mol. The number of hydrogen-bond donors (Lipinski definition) is 1. The van der Waals surface area contributed by atoms with Crippen LogP contribution < -0.4 is 5.32 Å². The Hall–Kier alpha value is -0.360. The third-order valence-electron chi connectivity index (χ3n) is 1.74. The summed E-state index contributed by atoms with van der Waals surface area (Å²) in [6.07, 6.45) is -1.63. The highest BCUT2D eigenvalue weighted by molar-refractivity contribution is 4.67. The molecule has 92 valence electrons. The summed E-state index contributed by atoms with van der Waals surface area (Å²) in [7, 11) is 0. The quantitative estimate of drug-likeness (QED) is 0.485. The maximum Gasteiger partial charge on any atom is 0.330 e. The van der Waals surface area contributed by atoms with Crippen LogP contribution in [0.4, 0.5) is 17.6 Å². The van der Waals surface area contributed by atoms with E-state index in [0.717, 1.165) is 19.4 Å². The first-order chi connectivity index (χ1) is 7.00. The monoisotopic (exact) mass is 231 g/mol. The van der Waals surface area contributed by atoms with Gasteiger partial charge in [0.15, 0.2) is 0 Å². The molecule has 2 nitrogen and oxygen atoms in total. The molecule has 0 aromatic rings. The molecule has 0 saturated heterocycles. The summed E-state index contributed by atoms with van der Waals surface area (Å²) < 4.78 is 52.3. The van der Waals surface area contributed by atoms with E-state index in [1.54, 1.807) is 0 Å². The highest BCUT2D eigenvalue weighted by atomic mass is 19.3. The molecule has 0 aliphatic heterocycles. The SMILES string of the molecule is CCCCNCCOCC(F)(F)C(F)F. The van der Waals surface area contributed by atoms with Crippen molar-refractivity contribution in [2.75, 3.05) is 26.3 Å². The summed E-state index contributed by atoms with van der Waals surface area (Å²) >= 11 is 0. The smallest absolute Gasteiger partial charge is 0.330 e. The molecule has 0 unspecified atom stereocenters. The van der Waals surface area contributed by atoms with Gasteiger partial charge in [0, 0.05) is 6.54 Å². The summed E-state index contributed by atoms with van der Waals surface area (Å²) in [5, 5.41) is 2.94. The fraction of sp³-hybridized carbons (Fsp3) is 1.00. The highest BCUT2D eigenvalue weighted by Gasteiger charge is 2.40. The van der Waals surface area contributed by atoms with Crippen LogP contribution >= 0.6 is 0 Å². The summed E-state index contributed by atoms with van der Waals surface area (Å²) in [4.78, 5) is 0. The predicted octanol–water partition coefficient (Wildman–Crippen LogP) is 2.29.